The van der Waals surface area contributed by atoms with Crippen LogP contribution in [0.25, 0.3) is 0 Å². The third-order valence-corrected chi connectivity index (χ3v) is 1.12. The van der Waals surface area contributed by atoms with Gasteiger partial charge in [-0.05, 0) is 0 Å². The van der Waals surface area contributed by atoms with Crippen LogP contribution in [0.4, 0.5) is 0 Å². The molecule has 0 unspecified atom stereocenters. The standard InChI is InChI=1S/C4H7O2.Ti/c1-2-3-4(5)6;/h1-3H2,(H,5,6);. The monoisotopic (exact) mass is 135 g/mol. The molecule has 2 nitrogen and oxygen atoms in total. The Kier molecular flexibility index (Phi) is 4.46. The Hall–Kier alpha value is 0.184. The van der Waals surface area contributed by atoms with Gasteiger partial charge in [0.25, 0.3) is 0 Å². The second-order valence-electron chi connectivity index (χ2n) is 1.25. The molecule has 7 heavy (non-hydrogen) atoms. The van der Waals surface area contributed by atoms with Crippen molar-refractivity contribution in [1.82, 2.24) is 0 Å². The van der Waals surface area contributed by atoms with Crippen LogP contribution in [0.5, 0.6) is 0 Å². The second-order valence-corrected chi connectivity index (χ2v) is 2.03. The van der Waals surface area contributed by atoms with E-state index in [-0.39, 0.29) is 0 Å². The van der Waals surface area contributed by atoms with Gasteiger partial charge in [-0.15, -0.1) is 0 Å². The van der Waals surface area contributed by atoms with E-state index in [1.165, 1.54) is 0 Å². The van der Waals surface area contributed by atoms with Crippen molar-refractivity contribution >= 4 is 5.97 Å². The molecule has 0 rings (SSSR count). The average molecular weight is 135 g/mol. The van der Waals surface area contributed by atoms with E-state index in [0.717, 1.165) is 11.1 Å². The predicted octanol–water partition coefficient (Wildman–Crippen LogP) is 0.816. The molecular formula is C4H7O2Ti. The number of aliphatic carboxylic acids is 1. The Morgan fingerprint density at radius 2 is 2.29 bits per heavy atom. The topological polar surface area (TPSA) is 37.3 Å². The summed E-state index contributed by atoms with van der Waals surface area (Å²) >= 11 is 1.98. The molecular weight excluding hydrogens is 128 g/mol. The molecule has 0 aliphatic rings. The Morgan fingerprint density at radius 3 is 2.43 bits per heavy atom. The Bertz CT molecular complexity index is 62.7. The average Bonchev–Trinajstić information content (AvgIpc) is 1.61. The zero-order valence-electron chi connectivity index (χ0n) is 3.98. The molecule has 0 saturated carbocycles. The molecule has 0 aromatic rings. The van der Waals surface area contributed by atoms with Crippen LogP contribution in [0, 0.1) is 0 Å². The number of carbonyl (C=O) groups is 1. The number of hydrogen-bond acceptors (Lipinski definition) is 1. The first-order chi connectivity index (χ1) is 3.27. The van der Waals surface area contributed by atoms with Crippen molar-refractivity contribution in [2.75, 3.05) is 0 Å². The molecule has 0 saturated heterocycles. The van der Waals surface area contributed by atoms with Gasteiger partial charge in [-0.1, -0.05) is 0 Å². The van der Waals surface area contributed by atoms with Crippen LogP contribution >= 0.6 is 0 Å². The van der Waals surface area contributed by atoms with Crippen molar-refractivity contribution in [2.24, 2.45) is 0 Å². The van der Waals surface area contributed by atoms with Gasteiger partial charge in [0.05, 0.1) is 0 Å². The van der Waals surface area contributed by atoms with Crippen LogP contribution in [-0.2, 0) is 25.2 Å². The van der Waals surface area contributed by atoms with Crippen LogP contribution in [-0.4, -0.2) is 11.1 Å². The third-order valence-electron chi connectivity index (χ3n) is 0.567. The van der Waals surface area contributed by atoms with Gasteiger partial charge >= 0.3 is 53.9 Å². The molecule has 0 spiro atoms. The van der Waals surface area contributed by atoms with Crippen LogP contribution in [0.3, 0.4) is 0 Å². The minimum absolute atomic E-state index is 0.316. The van der Waals surface area contributed by atoms with Gasteiger partial charge in [0, 0.05) is 0 Å². The molecule has 0 amide bonds. The number of hydrogen-bond donors (Lipinski definition) is 1. The Morgan fingerprint density at radius 1 is 1.71 bits per heavy atom. The quantitative estimate of drug-likeness (QED) is 0.581. The van der Waals surface area contributed by atoms with Crippen molar-refractivity contribution in [3.63, 3.8) is 0 Å². The van der Waals surface area contributed by atoms with Crippen molar-refractivity contribution < 1.29 is 30.3 Å². The molecule has 0 fully saturated rings. The van der Waals surface area contributed by atoms with Crippen LogP contribution in [0.15, 0.2) is 0 Å². The summed E-state index contributed by atoms with van der Waals surface area (Å²) in [7, 11) is 0. The summed E-state index contributed by atoms with van der Waals surface area (Å²) in [6.07, 6.45) is 1.12. The zero-order valence-corrected chi connectivity index (χ0v) is 5.54. The predicted molar refractivity (Wildman–Crippen MR) is 21.7 cm³/mol. The molecule has 0 atom stereocenters. The van der Waals surface area contributed by atoms with E-state index in [1.807, 2.05) is 20.4 Å². The first kappa shape index (κ1) is 7.18. The molecule has 39 valence electrons. The fourth-order valence-corrected chi connectivity index (χ4v) is 0.516. The molecule has 0 aromatic carbocycles. The van der Waals surface area contributed by atoms with E-state index in [9.17, 15) is 4.79 Å². The maximum atomic E-state index is 9.76. The SMILES string of the molecule is O=C(O)CC[CH2][Ti]. The van der Waals surface area contributed by atoms with Crippen LogP contribution in [0.2, 0.25) is 4.73 Å². The summed E-state index contributed by atoms with van der Waals surface area (Å²) in [4.78, 5) is 9.76. The Labute approximate surface area is 54.3 Å². The molecule has 0 heterocycles. The molecule has 1 N–H and O–H groups in total. The van der Waals surface area contributed by atoms with Gasteiger partial charge in [-0.3, -0.25) is 0 Å². The fraction of sp³-hybridized carbons (Fsp3) is 0.750. The van der Waals surface area contributed by atoms with E-state index < -0.39 is 5.97 Å². The summed E-state index contributed by atoms with van der Waals surface area (Å²) in [6.45, 7) is 0. The van der Waals surface area contributed by atoms with Gasteiger partial charge in [-0.2, -0.15) is 0 Å². The molecule has 0 aliphatic carbocycles. The minimum atomic E-state index is -0.693. The summed E-state index contributed by atoms with van der Waals surface area (Å²) in [6, 6.07) is 0. The van der Waals surface area contributed by atoms with Crippen LogP contribution in [0.1, 0.15) is 12.8 Å². The van der Waals surface area contributed by atoms with E-state index in [2.05, 4.69) is 0 Å². The van der Waals surface area contributed by atoms with Gasteiger partial charge in [0.1, 0.15) is 0 Å². The summed E-state index contributed by atoms with van der Waals surface area (Å²) in [5, 5.41) is 8.04. The molecule has 0 aromatic heterocycles. The van der Waals surface area contributed by atoms with Gasteiger partial charge < -0.3 is 0 Å². The number of rotatable bonds is 3. The van der Waals surface area contributed by atoms with Crippen LogP contribution < -0.4 is 0 Å². The van der Waals surface area contributed by atoms with E-state index in [1.54, 1.807) is 0 Å². The van der Waals surface area contributed by atoms with Crippen molar-refractivity contribution in [3.8, 4) is 0 Å². The second kappa shape index (κ2) is 4.35. The first-order valence-corrected chi connectivity index (χ1v) is 3.24. The van der Waals surface area contributed by atoms with E-state index in [0.29, 0.717) is 6.42 Å². The number of carboxylic acids is 1. The van der Waals surface area contributed by atoms with Crippen molar-refractivity contribution in [1.29, 1.82) is 0 Å². The molecule has 0 radical (unpaired) electrons. The molecule has 3 heteroatoms. The summed E-state index contributed by atoms with van der Waals surface area (Å²) in [5.41, 5.74) is 0. The van der Waals surface area contributed by atoms with Gasteiger partial charge in [0.15, 0.2) is 0 Å². The molecule has 0 bridgehead atoms. The van der Waals surface area contributed by atoms with E-state index in [4.69, 9.17) is 5.11 Å². The van der Waals surface area contributed by atoms with E-state index >= 15 is 0 Å². The third kappa shape index (κ3) is 6.18. The zero-order chi connectivity index (χ0) is 5.70. The normalized spacial score (nSPS) is 8.43. The first-order valence-electron chi connectivity index (χ1n) is 2.13. The maximum absolute atomic E-state index is 9.76. The Balaban J connectivity index is 2.82. The van der Waals surface area contributed by atoms with Gasteiger partial charge in [-0.25, -0.2) is 0 Å². The van der Waals surface area contributed by atoms with Gasteiger partial charge in [0.2, 0.25) is 0 Å². The fourth-order valence-electron chi connectivity index (χ4n) is 0.240. The summed E-state index contributed by atoms with van der Waals surface area (Å²) in [5.74, 6) is -0.693. The molecule has 0 aliphatic heterocycles. The summed E-state index contributed by atoms with van der Waals surface area (Å²) < 4.78 is 0.965. The number of carboxylic acid groups (broad SMARTS) is 1. The van der Waals surface area contributed by atoms with Crippen molar-refractivity contribution in [2.45, 2.75) is 17.6 Å². The van der Waals surface area contributed by atoms with Crippen molar-refractivity contribution in [3.05, 3.63) is 0 Å².